The third-order valence-corrected chi connectivity index (χ3v) is 2.93. The normalized spacial score (nSPS) is 14.1. The Kier molecular flexibility index (Phi) is 2.93. The molecule has 0 spiro atoms. The van der Waals surface area contributed by atoms with E-state index in [1.165, 1.54) is 12.3 Å². The molecule has 0 aliphatic carbocycles. The van der Waals surface area contributed by atoms with Gasteiger partial charge in [0.2, 0.25) is 0 Å². The smallest absolute Gasteiger partial charge is 0.177 e. The Morgan fingerprint density at radius 1 is 1.54 bits per heavy atom. The molecule has 0 saturated heterocycles. The summed E-state index contributed by atoms with van der Waals surface area (Å²) in [5.74, 6) is 0. The van der Waals surface area contributed by atoms with Crippen molar-refractivity contribution in [2.75, 3.05) is 6.26 Å². The van der Waals surface area contributed by atoms with Crippen molar-refractivity contribution in [1.82, 2.24) is 4.98 Å². The third-order valence-electron chi connectivity index (χ3n) is 1.58. The fourth-order valence-corrected chi connectivity index (χ4v) is 2.19. The van der Waals surface area contributed by atoms with Gasteiger partial charge in [-0.3, -0.25) is 4.98 Å². The highest BCUT2D eigenvalue weighted by Gasteiger charge is 2.16. The Morgan fingerprint density at radius 2 is 2.15 bits per heavy atom. The van der Waals surface area contributed by atoms with Gasteiger partial charge in [-0.25, -0.2) is 8.42 Å². The molecular formula is C8H10ClNO2S. The standard InChI is InChI=1S/C8H10ClNO2S/c1-6(9)8-7(13(2,11)12)4-3-5-10-8/h3-6H,1-2H3. The fraction of sp³-hybridized carbons (Fsp3) is 0.375. The van der Waals surface area contributed by atoms with E-state index in [1.54, 1.807) is 13.0 Å². The minimum Gasteiger partial charge on any atom is -0.258 e. The van der Waals surface area contributed by atoms with Crippen molar-refractivity contribution in [3.8, 4) is 0 Å². The maximum absolute atomic E-state index is 11.3. The Balaban J connectivity index is 3.37. The summed E-state index contributed by atoms with van der Waals surface area (Å²) in [6.45, 7) is 1.69. The second kappa shape index (κ2) is 3.64. The summed E-state index contributed by atoms with van der Waals surface area (Å²) in [5.41, 5.74) is 0.409. The highest BCUT2D eigenvalue weighted by molar-refractivity contribution is 7.90. The van der Waals surface area contributed by atoms with E-state index >= 15 is 0 Å². The number of nitrogens with zero attached hydrogens (tertiary/aromatic N) is 1. The SMILES string of the molecule is CC(Cl)c1ncccc1S(C)(=O)=O. The fourth-order valence-electron chi connectivity index (χ4n) is 1.02. The molecule has 1 rings (SSSR count). The van der Waals surface area contributed by atoms with E-state index in [9.17, 15) is 8.42 Å². The van der Waals surface area contributed by atoms with Crippen molar-refractivity contribution in [1.29, 1.82) is 0 Å². The van der Waals surface area contributed by atoms with Crippen molar-refractivity contribution in [2.24, 2.45) is 0 Å². The Bertz CT molecular complexity index is 400. The van der Waals surface area contributed by atoms with Crippen LogP contribution in [-0.2, 0) is 9.84 Å². The lowest BCUT2D eigenvalue weighted by molar-refractivity contribution is 0.600. The lowest BCUT2D eigenvalue weighted by Crippen LogP contribution is -2.04. The molecule has 1 aromatic rings. The van der Waals surface area contributed by atoms with Crippen LogP contribution < -0.4 is 0 Å². The number of halogens is 1. The number of pyridine rings is 1. The maximum Gasteiger partial charge on any atom is 0.177 e. The molecule has 0 aromatic carbocycles. The van der Waals surface area contributed by atoms with Gasteiger partial charge in [0.25, 0.3) is 0 Å². The molecule has 0 amide bonds. The van der Waals surface area contributed by atoms with E-state index in [1.807, 2.05) is 0 Å². The summed E-state index contributed by atoms with van der Waals surface area (Å²) >= 11 is 5.79. The van der Waals surface area contributed by atoms with Crippen molar-refractivity contribution < 1.29 is 8.42 Å². The van der Waals surface area contributed by atoms with Crippen LogP contribution in [0.3, 0.4) is 0 Å². The Labute approximate surface area is 82.7 Å². The first-order valence-corrected chi connectivity index (χ1v) is 6.04. The monoisotopic (exact) mass is 219 g/mol. The molecule has 0 bridgehead atoms. The Hall–Kier alpha value is -0.610. The van der Waals surface area contributed by atoms with Gasteiger partial charge in [-0.2, -0.15) is 0 Å². The summed E-state index contributed by atoms with van der Waals surface area (Å²) in [4.78, 5) is 4.14. The van der Waals surface area contributed by atoms with Gasteiger partial charge >= 0.3 is 0 Å². The average molecular weight is 220 g/mol. The molecule has 3 nitrogen and oxygen atoms in total. The van der Waals surface area contributed by atoms with E-state index in [0.29, 0.717) is 5.69 Å². The lowest BCUT2D eigenvalue weighted by Gasteiger charge is -2.07. The number of hydrogen-bond acceptors (Lipinski definition) is 3. The van der Waals surface area contributed by atoms with Crippen LogP contribution in [0, 0.1) is 0 Å². The van der Waals surface area contributed by atoms with Gasteiger partial charge in [0.1, 0.15) is 0 Å². The van der Waals surface area contributed by atoms with Crippen LogP contribution in [0.4, 0.5) is 0 Å². The molecule has 0 saturated carbocycles. The van der Waals surface area contributed by atoms with Crippen molar-refractivity contribution in [2.45, 2.75) is 17.2 Å². The second-order valence-corrected chi connectivity index (χ2v) is 5.41. The van der Waals surface area contributed by atoms with Crippen LogP contribution in [0.2, 0.25) is 0 Å². The van der Waals surface area contributed by atoms with E-state index in [2.05, 4.69) is 4.98 Å². The third kappa shape index (κ3) is 2.42. The zero-order valence-electron chi connectivity index (χ0n) is 7.36. The molecule has 72 valence electrons. The van der Waals surface area contributed by atoms with E-state index in [4.69, 9.17) is 11.6 Å². The molecule has 5 heteroatoms. The van der Waals surface area contributed by atoms with Crippen LogP contribution in [-0.4, -0.2) is 19.7 Å². The highest BCUT2D eigenvalue weighted by Crippen LogP contribution is 2.23. The predicted octanol–water partition coefficient (Wildman–Crippen LogP) is 1.78. The number of hydrogen-bond donors (Lipinski definition) is 0. The zero-order chi connectivity index (χ0) is 10.1. The molecule has 0 aliphatic rings. The molecular weight excluding hydrogens is 210 g/mol. The first-order valence-electron chi connectivity index (χ1n) is 3.72. The molecule has 0 radical (unpaired) electrons. The maximum atomic E-state index is 11.3. The number of rotatable bonds is 2. The second-order valence-electron chi connectivity index (χ2n) is 2.77. The van der Waals surface area contributed by atoms with Crippen LogP contribution in [0.15, 0.2) is 23.2 Å². The molecule has 0 fully saturated rings. The van der Waals surface area contributed by atoms with Crippen LogP contribution >= 0.6 is 11.6 Å². The van der Waals surface area contributed by atoms with Gasteiger partial charge < -0.3 is 0 Å². The molecule has 0 aliphatic heterocycles. The molecule has 1 aromatic heterocycles. The van der Waals surface area contributed by atoms with E-state index in [-0.39, 0.29) is 4.90 Å². The quantitative estimate of drug-likeness (QED) is 0.713. The van der Waals surface area contributed by atoms with Gasteiger partial charge in [-0.05, 0) is 19.1 Å². The van der Waals surface area contributed by atoms with Crippen LogP contribution in [0.25, 0.3) is 0 Å². The molecule has 1 unspecified atom stereocenters. The van der Waals surface area contributed by atoms with Crippen molar-refractivity contribution in [3.63, 3.8) is 0 Å². The Morgan fingerprint density at radius 3 is 2.54 bits per heavy atom. The first kappa shape index (κ1) is 10.5. The van der Waals surface area contributed by atoms with E-state index < -0.39 is 15.2 Å². The summed E-state index contributed by atoms with van der Waals surface area (Å²) in [7, 11) is -3.23. The minimum atomic E-state index is -3.23. The van der Waals surface area contributed by atoms with Crippen LogP contribution in [0.1, 0.15) is 18.0 Å². The zero-order valence-corrected chi connectivity index (χ0v) is 8.93. The summed E-state index contributed by atoms with van der Waals surface area (Å²) < 4.78 is 22.5. The topological polar surface area (TPSA) is 47.0 Å². The first-order chi connectivity index (χ1) is 5.93. The number of aromatic nitrogens is 1. The predicted molar refractivity (Wildman–Crippen MR) is 51.6 cm³/mol. The molecule has 0 N–H and O–H groups in total. The summed E-state index contributed by atoms with van der Waals surface area (Å²) in [6.07, 6.45) is 2.68. The van der Waals surface area contributed by atoms with Gasteiger partial charge in [-0.1, -0.05) is 0 Å². The van der Waals surface area contributed by atoms with Crippen molar-refractivity contribution in [3.05, 3.63) is 24.0 Å². The molecule has 13 heavy (non-hydrogen) atoms. The number of alkyl halides is 1. The van der Waals surface area contributed by atoms with E-state index in [0.717, 1.165) is 6.26 Å². The largest absolute Gasteiger partial charge is 0.258 e. The molecule has 1 atom stereocenters. The lowest BCUT2D eigenvalue weighted by atomic mass is 10.3. The highest BCUT2D eigenvalue weighted by atomic mass is 35.5. The van der Waals surface area contributed by atoms with Gasteiger partial charge in [-0.15, -0.1) is 11.6 Å². The number of sulfone groups is 1. The molecule has 1 heterocycles. The summed E-state index contributed by atoms with van der Waals surface area (Å²) in [6, 6.07) is 3.09. The van der Waals surface area contributed by atoms with Crippen LogP contribution in [0.5, 0.6) is 0 Å². The van der Waals surface area contributed by atoms with Crippen molar-refractivity contribution >= 4 is 21.4 Å². The van der Waals surface area contributed by atoms with Gasteiger partial charge in [0.15, 0.2) is 9.84 Å². The van der Waals surface area contributed by atoms with Gasteiger partial charge in [0.05, 0.1) is 16.0 Å². The average Bonchev–Trinajstić information content (AvgIpc) is 2.03. The van der Waals surface area contributed by atoms with Gasteiger partial charge in [0, 0.05) is 12.5 Å². The minimum absolute atomic E-state index is 0.206. The summed E-state index contributed by atoms with van der Waals surface area (Å²) in [5, 5.41) is -0.397.